The van der Waals surface area contributed by atoms with E-state index < -0.39 is 16.1 Å². The molecular formula is C11H18N2O3S. The highest BCUT2D eigenvalue weighted by molar-refractivity contribution is 7.89. The van der Waals surface area contributed by atoms with E-state index in [0.717, 1.165) is 0 Å². The summed E-state index contributed by atoms with van der Waals surface area (Å²) in [6.07, 6.45) is 3.42. The normalized spacial score (nSPS) is 27.2. The minimum Gasteiger partial charge on any atom is -0.391 e. The first-order chi connectivity index (χ1) is 7.91. The van der Waals surface area contributed by atoms with Crippen LogP contribution < -0.4 is 0 Å². The van der Waals surface area contributed by atoms with Gasteiger partial charge in [0.25, 0.3) is 0 Å². The summed E-state index contributed by atoms with van der Waals surface area (Å²) in [5.41, 5.74) is 0. The molecule has 1 aliphatic rings. The first-order valence-electron chi connectivity index (χ1n) is 5.71. The minimum absolute atomic E-state index is 0.164. The van der Waals surface area contributed by atoms with Crippen LogP contribution in [-0.4, -0.2) is 41.6 Å². The lowest BCUT2D eigenvalue weighted by Crippen LogP contribution is -2.45. The Labute approximate surface area is 102 Å². The standard InChI is InChI=1S/C11H18N2O3S/c1-9-3-6-13(8-11(9)14)17(15,16)10-4-5-12(2)7-10/h4-5,7,9,11,14H,3,6,8H2,1-2H3. The summed E-state index contributed by atoms with van der Waals surface area (Å²) in [7, 11) is -1.66. The molecule has 1 saturated heterocycles. The number of aromatic nitrogens is 1. The summed E-state index contributed by atoms with van der Waals surface area (Å²) in [6, 6.07) is 1.58. The van der Waals surface area contributed by atoms with Gasteiger partial charge >= 0.3 is 0 Å². The molecule has 0 aromatic carbocycles. The molecule has 96 valence electrons. The van der Waals surface area contributed by atoms with Crippen molar-refractivity contribution in [3.05, 3.63) is 18.5 Å². The van der Waals surface area contributed by atoms with Crippen molar-refractivity contribution in [3.63, 3.8) is 0 Å². The van der Waals surface area contributed by atoms with Gasteiger partial charge in [-0.05, 0) is 18.4 Å². The van der Waals surface area contributed by atoms with Crippen LogP contribution in [0.5, 0.6) is 0 Å². The Morgan fingerprint density at radius 2 is 2.18 bits per heavy atom. The number of nitrogens with zero attached hydrogens (tertiary/aromatic N) is 2. The molecule has 1 aromatic heterocycles. The van der Waals surface area contributed by atoms with Gasteiger partial charge in [-0.1, -0.05) is 6.92 Å². The second-order valence-electron chi connectivity index (χ2n) is 4.71. The van der Waals surface area contributed by atoms with Gasteiger partial charge < -0.3 is 9.67 Å². The van der Waals surface area contributed by atoms with Crippen LogP contribution in [-0.2, 0) is 17.1 Å². The van der Waals surface area contributed by atoms with E-state index in [1.165, 1.54) is 4.31 Å². The molecule has 1 aromatic rings. The molecule has 1 N–H and O–H groups in total. The van der Waals surface area contributed by atoms with Gasteiger partial charge in [0.15, 0.2) is 0 Å². The predicted octanol–water partition coefficient (Wildman–Crippen LogP) is 0.416. The lowest BCUT2D eigenvalue weighted by atomic mass is 9.98. The molecular weight excluding hydrogens is 240 g/mol. The van der Waals surface area contributed by atoms with Gasteiger partial charge in [-0.25, -0.2) is 8.42 Å². The van der Waals surface area contributed by atoms with Crippen molar-refractivity contribution in [2.24, 2.45) is 13.0 Å². The predicted molar refractivity (Wildman–Crippen MR) is 64.0 cm³/mol. The minimum atomic E-state index is -3.45. The topological polar surface area (TPSA) is 62.5 Å². The number of aliphatic hydroxyl groups excluding tert-OH is 1. The Hall–Kier alpha value is -0.850. The molecule has 0 spiro atoms. The summed E-state index contributed by atoms with van der Waals surface area (Å²) in [5.74, 6) is 0.164. The largest absolute Gasteiger partial charge is 0.391 e. The molecule has 0 saturated carbocycles. The zero-order valence-corrected chi connectivity index (χ0v) is 10.9. The molecule has 2 rings (SSSR count). The molecule has 2 unspecified atom stereocenters. The van der Waals surface area contributed by atoms with E-state index >= 15 is 0 Å². The van der Waals surface area contributed by atoms with Crippen molar-refractivity contribution in [2.45, 2.75) is 24.3 Å². The van der Waals surface area contributed by atoms with Crippen LogP contribution in [0.3, 0.4) is 0 Å². The zero-order chi connectivity index (χ0) is 12.6. The summed E-state index contributed by atoms with van der Waals surface area (Å²) >= 11 is 0. The molecule has 6 heteroatoms. The third-order valence-electron chi connectivity index (χ3n) is 3.32. The second-order valence-corrected chi connectivity index (χ2v) is 6.65. The maximum absolute atomic E-state index is 12.3. The maximum Gasteiger partial charge on any atom is 0.244 e. The Bertz CT molecular complexity index is 495. The second kappa shape index (κ2) is 4.44. The Morgan fingerprint density at radius 3 is 2.71 bits per heavy atom. The van der Waals surface area contributed by atoms with E-state index in [9.17, 15) is 13.5 Å². The van der Waals surface area contributed by atoms with Crippen molar-refractivity contribution < 1.29 is 13.5 Å². The summed E-state index contributed by atoms with van der Waals surface area (Å²) in [4.78, 5) is 0.293. The number of β-amino-alcohol motifs (C(OH)–C–C–N with tert-alkyl or cyclic N) is 1. The van der Waals surface area contributed by atoms with Gasteiger partial charge in [-0.15, -0.1) is 0 Å². The molecule has 2 atom stereocenters. The van der Waals surface area contributed by atoms with Gasteiger partial charge in [-0.2, -0.15) is 4.31 Å². The van der Waals surface area contributed by atoms with Gasteiger partial charge in [0.1, 0.15) is 0 Å². The average Bonchev–Trinajstić information content (AvgIpc) is 2.69. The quantitative estimate of drug-likeness (QED) is 0.836. The van der Waals surface area contributed by atoms with Gasteiger partial charge in [0.2, 0.25) is 10.0 Å². The van der Waals surface area contributed by atoms with Crippen molar-refractivity contribution in [3.8, 4) is 0 Å². The summed E-state index contributed by atoms with van der Waals surface area (Å²) in [5, 5.41) is 9.75. The highest BCUT2D eigenvalue weighted by atomic mass is 32.2. The zero-order valence-electron chi connectivity index (χ0n) is 10.1. The van der Waals surface area contributed by atoms with Crippen LogP contribution in [0, 0.1) is 5.92 Å². The summed E-state index contributed by atoms with van der Waals surface area (Å²) < 4.78 is 27.6. The fourth-order valence-electron chi connectivity index (χ4n) is 2.02. The van der Waals surface area contributed by atoms with Gasteiger partial charge in [0, 0.05) is 32.5 Å². The lowest BCUT2D eigenvalue weighted by Gasteiger charge is -2.33. The van der Waals surface area contributed by atoms with Crippen LogP contribution in [0.1, 0.15) is 13.3 Å². The van der Waals surface area contributed by atoms with Crippen LogP contribution in [0.25, 0.3) is 0 Å². The Morgan fingerprint density at radius 1 is 1.47 bits per heavy atom. The van der Waals surface area contributed by atoms with Crippen LogP contribution in [0.2, 0.25) is 0 Å². The molecule has 0 amide bonds. The smallest absolute Gasteiger partial charge is 0.244 e. The third-order valence-corrected chi connectivity index (χ3v) is 5.17. The number of hydrogen-bond acceptors (Lipinski definition) is 3. The number of sulfonamides is 1. The Balaban J connectivity index is 2.22. The highest BCUT2D eigenvalue weighted by Crippen LogP contribution is 2.23. The average molecular weight is 258 g/mol. The van der Waals surface area contributed by atoms with Gasteiger partial charge in [0.05, 0.1) is 11.0 Å². The first kappa shape index (κ1) is 12.6. The molecule has 1 fully saturated rings. The van der Waals surface area contributed by atoms with E-state index in [1.54, 1.807) is 30.1 Å². The van der Waals surface area contributed by atoms with Crippen molar-refractivity contribution in [1.82, 2.24) is 8.87 Å². The van der Waals surface area contributed by atoms with Gasteiger partial charge in [-0.3, -0.25) is 0 Å². The fourth-order valence-corrected chi connectivity index (χ4v) is 3.54. The van der Waals surface area contributed by atoms with Crippen LogP contribution in [0.4, 0.5) is 0 Å². The van der Waals surface area contributed by atoms with E-state index in [0.29, 0.717) is 17.9 Å². The molecule has 5 nitrogen and oxygen atoms in total. The lowest BCUT2D eigenvalue weighted by molar-refractivity contribution is 0.0605. The number of rotatable bonds is 2. The van der Waals surface area contributed by atoms with Crippen molar-refractivity contribution >= 4 is 10.0 Å². The monoisotopic (exact) mass is 258 g/mol. The van der Waals surface area contributed by atoms with Crippen molar-refractivity contribution in [1.29, 1.82) is 0 Å². The number of aliphatic hydroxyl groups is 1. The molecule has 0 bridgehead atoms. The molecule has 17 heavy (non-hydrogen) atoms. The molecule has 0 aliphatic carbocycles. The maximum atomic E-state index is 12.3. The molecule has 2 heterocycles. The van der Waals surface area contributed by atoms with Crippen molar-refractivity contribution in [2.75, 3.05) is 13.1 Å². The number of piperidine rings is 1. The number of hydrogen-bond donors (Lipinski definition) is 1. The van der Waals surface area contributed by atoms with E-state index in [-0.39, 0.29) is 12.5 Å². The van der Waals surface area contributed by atoms with E-state index in [1.807, 2.05) is 6.92 Å². The fraction of sp³-hybridized carbons (Fsp3) is 0.636. The first-order valence-corrected chi connectivity index (χ1v) is 7.15. The van der Waals surface area contributed by atoms with Crippen LogP contribution >= 0.6 is 0 Å². The summed E-state index contributed by atoms with van der Waals surface area (Å²) in [6.45, 7) is 2.62. The molecule has 1 aliphatic heterocycles. The van der Waals surface area contributed by atoms with Crippen LogP contribution in [0.15, 0.2) is 23.4 Å². The third kappa shape index (κ3) is 2.38. The SMILES string of the molecule is CC1CCN(S(=O)(=O)c2ccn(C)c2)CC1O. The highest BCUT2D eigenvalue weighted by Gasteiger charge is 2.32. The van der Waals surface area contributed by atoms with E-state index in [4.69, 9.17) is 0 Å². The Kier molecular flexibility index (Phi) is 3.29. The van der Waals surface area contributed by atoms with E-state index in [2.05, 4.69) is 0 Å². The molecule has 0 radical (unpaired) electrons. The number of aryl methyl sites for hydroxylation is 1.